The standard InChI is InChI=1S/C18H23N3OS2/c1-13-20-15(12-24-13)8-17(22)21(10-14-2-7-23-11-14)16-9-18(16)3-5-19-6-4-18/h2,7,11-12,16,19H,3-6,8-10H2,1H3. The molecule has 0 bridgehead atoms. The summed E-state index contributed by atoms with van der Waals surface area (Å²) >= 11 is 3.32. The quantitative estimate of drug-likeness (QED) is 0.889. The molecular weight excluding hydrogens is 338 g/mol. The zero-order chi connectivity index (χ0) is 16.6. The second-order valence-electron chi connectivity index (χ2n) is 7.02. The third-order valence-electron chi connectivity index (χ3n) is 5.37. The second kappa shape index (κ2) is 6.58. The Morgan fingerprint density at radius 2 is 2.25 bits per heavy atom. The molecule has 1 aliphatic carbocycles. The Hall–Kier alpha value is -1.24. The maximum absolute atomic E-state index is 13.0. The molecule has 1 N–H and O–H groups in total. The first kappa shape index (κ1) is 16.2. The van der Waals surface area contributed by atoms with Gasteiger partial charge in [0.15, 0.2) is 0 Å². The number of hydrogen-bond acceptors (Lipinski definition) is 5. The molecule has 6 heteroatoms. The number of amides is 1. The summed E-state index contributed by atoms with van der Waals surface area (Å²) in [5.41, 5.74) is 2.53. The maximum atomic E-state index is 13.0. The lowest BCUT2D eigenvalue weighted by molar-refractivity contribution is -0.132. The van der Waals surface area contributed by atoms with E-state index in [1.807, 2.05) is 12.3 Å². The monoisotopic (exact) mass is 361 g/mol. The van der Waals surface area contributed by atoms with E-state index >= 15 is 0 Å². The highest BCUT2D eigenvalue weighted by Crippen LogP contribution is 2.56. The van der Waals surface area contributed by atoms with Crippen molar-refractivity contribution in [2.45, 2.75) is 45.2 Å². The first-order valence-electron chi connectivity index (χ1n) is 8.59. The highest BCUT2D eigenvalue weighted by Gasteiger charge is 2.57. The van der Waals surface area contributed by atoms with Crippen LogP contribution in [0.4, 0.5) is 0 Å². The lowest BCUT2D eigenvalue weighted by atomic mass is 9.93. The lowest BCUT2D eigenvalue weighted by Gasteiger charge is -2.29. The fraction of sp³-hybridized carbons (Fsp3) is 0.556. The Labute approximate surface area is 150 Å². The van der Waals surface area contributed by atoms with E-state index in [4.69, 9.17) is 0 Å². The van der Waals surface area contributed by atoms with Crippen LogP contribution in [-0.2, 0) is 17.8 Å². The molecule has 24 heavy (non-hydrogen) atoms. The fourth-order valence-electron chi connectivity index (χ4n) is 3.93. The number of carbonyl (C=O) groups is 1. The largest absolute Gasteiger partial charge is 0.334 e. The SMILES string of the molecule is Cc1nc(CC(=O)N(Cc2ccsc2)C2CC23CCNCC3)cs1. The number of carbonyl (C=O) groups excluding carboxylic acids is 1. The number of rotatable bonds is 5. The number of nitrogens with zero attached hydrogens (tertiary/aromatic N) is 2. The lowest BCUT2D eigenvalue weighted by Crippen LogP contribution is -2.39. The number of aromatic nitrogens is 1. The van der Waals surface area contributed by atoms with Crippen molar-refractivity contribution in [2.75, 3.05) is 13.1 Å². The van der Waals surface area contributed by atoms with E-state index < -0.39 is 0 Å². The van der Waals surface area contributed by atoms with Crippen LogP contribution in [0.25, 0.3) is 0 Å². The number of hydrogen-bond donors (Lipinski definition) is 1. The van der Waals surface area contributed by atoms with Crippen LogP contribution in [-0.4, -0.2) is 34.9 Å². The first-order chi connectivity index (χ1) is 11.7. The van der Waals surface area contributed by atoms with Gasteiger partial charge in [-0.25, -0.2) is 4.98 Å². The van der Waals surface area contributed by atoms with Gasteiger partial charge < -0.3 is 10.2 Å². The molecule has 2 aliphatic rings. The zero-order valence-corrected chi connectivity index (χ0v) is 15.6. The van der Waals surface area contributed by atoms with Crippen LogP contribution in [0.15, 0.2) is 22.2 Å². The molecule has 4 nitrogen and oxygen atoms in total. The smallest absolute Gasteiger partial charge is 0.229 e. The van der Waals surface area contributed by atoms with Crippen LogP contribution in [0.3, 0.4) is 0 Å². The minimum Gasteiger partial charge on any atom is -0.334 e. The summed E-state index contributed by atoms with van der Waals surface area (Å²) in [6.07, 6.45) is 3.99. The molecular formula is C18H23N3OS2. The third kappa shape index (κ3) is 3.27. The second-order valence-corrected chi connectivity index (χ2v) is 8.86. The van der Waals surface area contributed by atoms with Crippen LogP contribution in [0.5, 0.6) is 0 Å². The Kier molecular flexibility index (Phi) is 4.45. The van der Waals surface area contributed by atoms with E-state index in [-0.39, 0.29) is 5.91 Å². The van der Waals surface area contributed by atoms with E-state index in [0.29, 0.717) is 17.9 Å². The van der Waals surface area contributed by atoms with Gasteiger partial charge >= 0.3 is 0 Å². The number of thiophene rings is 1. The van der Waals surface area contributed by atoms with Gasteiger partial charge in [0.2, 0.25) is 5.91 Å². The average molecular weight is 362 g/mol. The van der Waals surface area contributed by atoms with Crippen LogP contribution < -0.4 is 5.32 Å². The highest BCUT2D eigenvalue weighted by atomic mass is 32.1. The summed E-state index contributed by atoms with van der Waals surface area (Å²) in [6, 6.07) is 2.54. The molecule has 1 saturated carbocycles. The van der Waals surface area contributed by atoms with Crippen molar-refractivity contribution in [3.8, 4) is 0 Å². The van der Waals surface area contributed by atoms with Gasteiger partial charge in [0.1, 0.15) is 0 Å². The highest BCUT2D eigenvalue weighted by molar-refractivity contribution is 7.09. The Morgan fingerprint density at radius 3 is 2.92 bits per heavy atom. The minimum absolute atomic E-state index is 0.229. The molecule has 3 heterocycles. The molecule has 2 aromatic heterocycles. The molecule has 1 amide bonds. The number of thiazole rings is 1. The zero-order valence-electron chi connectivity index (χ0n) is 14.0. The van der Waals surface area contributed by atoms with Gasteiger partial charge in [-0.15, -0.1) is 11.3 Å². The minimum atomic E-state index is 0.229. The summed E-state index contributed by atoms with van der Waals surface area (Å²) < 4.78 is 0. The molecule has 1 aliphatic heterocycles. The van der Waals surface area contributed by atoms with E-state index in [1.54, 1.807) is 22.7 Å². The Balaban J connectivity index is 1.51. The van der Waals surface area contributed by atoms with Crippen molar-refractivity contribution < 1.29 is 4.79 Å². The Bertz CT molecular complexity index is 704. The van der Waals surface area contributed by atoms with E-state index in [9.17, 15) is 4.79 Å². The maximum Gasteiger partial charge on any atom is 0.229 e. The van der Waals surface area contributed by atoms with Gasteiger partial charge in [0.05, 0.1) is 17.1 Å². The van der Waals surface area contributed by atoms with Crippen molar-refractivity contribution >= 4 is 28.6 Å². The predicted octanol–water partition coefficient (Wildman–Crippen LogP) is 3.23. The molecule has 1 unspecified atom stereocenters. The predicted molar refractivity (Wildman–Crippen MR) is 98.4 cm³/mol. The van der Waals surface area contributed by atoms with Gasteiger partial charge in [-0.2, -0.15) is 11.3 Å². The molecule has 128 valence electrons. The van der Waals surface area contributed by atoms with Crippen molar-refractivity contribution in [2.24, 2.45) is 5.41 Å². The normalized spacial score (nSPS) is 21.8. The van der Waals surface area contributed by atoms with Gasteiger partial charge in [-0.1, -0.05) is 0 Å². The number of piperidine rings is 1. The molecule has 1 atom stereocenters. The van der Waals surface area contributed by atoms with Crippen LogP contribution in [0.1, 0.15) is 35.5 Å². The van der Waals surface area contributed by atoms with Crippen molar-refractivity contribution in [3.05, 3.63) is 38.5 Å². The molecule has 2 fully saturated rings. The van der Waals surface area contributed by atoms with Crippen molar-refractivity contribution in [1.29, 1.82) is 0 Å². The molecule has 0 radical (unpaired) electrons. The van der Waals surface area contributed by atoms with Gasteiger partial charge in [-0.3, -0.25) is 4.79 Å². The van der Waals surface area contributed by atoms with Gasteiger partial charge in [0, 0.05) is 18.0 Å². The number of nitrogens with one attached hydrogen (secondary N) is 1. The van der Waals surface area contributed by atoms with Gasteiger partial charge in [-0.05, 0) is 67.1 Å². The first-order valence-corrected chi connectivity index (χ1v) is 10.4. The Morgan fingerprint density at radius 1 is 1.42 bits per heavy atom. The van der Waals surface area contributed by atoms with Gasteiger partial charge in [0.25, 0.3) is 0 Å². The van der Waals surface area contributed by atoms with Crippen LogP contribution in [0.2, 0.25) is 0 Å². The van der Waals surface area contributed by atoms with E-state index in [1.165, 1.54) is 24.8 Å². The summed E-state index contributed by atoms with van der Waals surface area (Å²) in [7, 11) is 0. The molecule has 4 rings (SSSR count). The molecule has 0 aromatic carbocycles. The molecule has 1 saturated heterocycles. The van der Waals surface area contributed by atoms with Crippen molar-refractivity contribution in [3.63, 3.8) is 0 Å². The fourth-order valence-corrected chi connectivity index (χ4v) is 5.20. The summed E-state index contributed by atoms with van der Waals surface area (Å²) in [4.78, 5) is 19.7. The van der Waals surface area contributed by atoms with Crippen molar-refractivity contribution in [1.82, 2.24) is 15.2 Å². The van der Waals surface area contributed by atoms with E-state index in [0.717, 1.165) is 30.3 Å². The third-order valence-corrected chi connectivity index (χ3v) is 6.93. The summed E-state index contributed by atoms with van der Waals surface area (Å²) in [6.45, 7) is 4.91. The topological polar surface area (TPSA) is 45.2 Å². The van der Waals surface area contributed by atoms with Crippen LogP contribution >= 0.6 is 22.7 Å². The van der Waals surface area contributed by atoms with E-state index in [2.05, 4.69) is 32.0 Å². The molecule has 2 aromatic rings. The summed E-state index contributed by atoms with van der Waals surface area (Å²) in [5.74, 6) is 0.229. The van der Waals surface area contributed by atoms with Crippen LogP contribution in [0, 0.1) is 12.3 Å². The summed E-state index contributed by atoms with van der Waals surface area (Å²) in [5, 5.41) is 10.7. The molecule has 1 spiro atoms. The number of aryl methyl sites for hydroxylation is 1. The average Bonchev–Trinajstić information content (AvgIpc) is 2.96.